The molecule has 1 amide bonds. The molecule has 3 heterocycles. The summed E-state index contributed by atoms with van der Waals surface area (Å²) in [6.45, 7) is 4.35. The van der Waals surface area contributed by atoms with Gasteiger partial charge in [-0.1, -0.05) is 36.4 Å². The number of carbonyl (C=O) groups excluding carboxylic acids is 1. The zero-order valence-electron chi connectivity index (χ0n) is 16.7. The normalized spacial score (nSPS) is 18.8. The zero-order chi connectivity index (χ0) is 20.1. The third kappa shape index (κ3) is 4.35. The molecule has 5 heteroatoms. The first-order valence-electron chi connectivity index (χ1n) is 10.1. The van der Waals surface area contributed by atoms with Gasteiger partial charge in [-0.2, -0.15) is 0 Å². The van der Waals surface area contributed by atoms with E-state index in [1.165, 1.54) is 5.56 Å². The summed E-state index contributed by atoms with van der Waals surface area (Å²) in [6, 6.07) is 20.2. The van der Waals surface area contributed by atoms with Crippen molar-refractivity contribution in [1.82, 2.24) is 20.2 Å². The van der Waals surface area contributed by atoms with Crippen molar-refractivity contribution in [3.8, 4) is 11.3 Å². The van der Waals surface area contributed by atoms with Crippen LogP contribution in [0.5, 0.6) is 0 Å². The summed E-state index contributed by atoms with van der Waals surface area (Å²) in [5.74, 6) is 0.102. The Labute approximate surface area is 171 Å². The van der Waals surface area contributed by atoms with Crippen LogP contribution in [-0.2, 0) is 17.8 Å². The fourth-order valence-corrected chi connectivity index (χ4v) is 3.69. The van der Waals surface area contributed by atoms with E-state index in [0.717, 1.165) is 42.9 Å². The van der Waals surface area contributed by atoms with E-state index in [1.807, 2.05) is 43.3 Å². The van der Waals surface area contributed by atoms with Crippen LogP contribution in [0.1, 0.15) is 24.6 Å². The second kappa shape index (κ2) is 8.53. The monoisotopic (exact) mass is 386 g/mol. The molecule has 1 aliphatic heterocycles. The Morgan fingerprint density at radius 1 is 1.03 bits per heavy atom. The van der Waals surface area contributed by atoms with Crippen LogP contribution in [0.25, 0.3) is 11.3 Å². The molecule has 1 unspecified atom stereocenters. The number of aromatic nitrogens is 2. The quantitative estimate of drug-likeness (QED) is 0.676. The Hall–Kier alpha value is -3.05. The molecule has 4 rings (SSSR count). The fourth-order valence-electron chi connectivity index (χ4n) is 3.69. The average molecular weight is 386 g/mol. The topological polar surface area (TPSA) is 58.1 Å². The molecule has 2 aromatic heterocycles. The van der Waals surface area contributed by atoms with Gasteiger partial charge in [0.1, 0.15) is 0 Å². The van der Waals surface area contributed by atoms with Crippen LogP contribution in [0.4, 0.5) is 0 Å². The molecule has 0 bridgehead atoms. The number of carbonyl (C=O) groups is 1. The highest BCUT2D eigenvalue weighted by atomic mass is 16.2. The number of nitrogens with zero attached hydrogens (tertiary/aromatic N) is 3. The van der Waals surface area contributed by atoms with Crippen molar-refractivity contribution in [2.45, 2.75) is 31.8 Å². The van der Waals surface area contributed by atoms with Crippen LogP contribution in [0.2, 0.25) is 0 Å². The summed E-state index contributed by atoms with van der Waals surface area (Å²) in [6.07, 6.45) is 5.22. The van der Waals surface area contributed by atoms with E-state index >= 15 is 0 Å². The summed E-state index contributed by atoms with van der Waals surface area (Å²) in [4.78, 5) is 23.7. The van der Waals surface area contributed by atoms with Crippen molar-refractivity contribution in [2.24, 2.45) is 0 Å². The molecule has 1 saturated heterocycles. The van der Waals surface area contributed by atoms with Crippen LogP contribution >= 0.6 is 0 Å². The van der Waals surface area contributed by atoms with Gasteiger partial charge in [-0.25, -0.2) is 0 Å². The van der Waals surface area contributed by atoms with Gasteiger partial charge in [0, 0.05) is 49.7 Å². The second-order valence-electron chi connectivity index (χ2n) is 7.68. The van der Waals surface area contributed by atoms with E-state index in [9.17, 15) is 4.79 Å². The number of benzene rings is 1. The molecule has 1 aromatic carbocycles. The van der Waals surface area contributed by atoms with E-state index in [2.05, 4.69) is 44.5 Å². The van der Waals surface area contributed by atoms with E-state index in [-0.39, 0.29) is 5.91 Å². The van der Waals surface area contributed by atoms with Crippen LogP contribution in [0.3, 0.4) is 0 Å². The number of hydrogen-bond acceptors (Lipinski definition) is 4. The fraction of sp³-hybridized carbons (Fsp3) is 0.292. The minimum absolute atomic E-state index is 0.102. The molecule has 0 spiro atoms. The Morgan fingerprint density at radius 2 is 1.79 bits per heavy atom. The summed E-state index contributed by atoms with van der Waals surface area (Å²) in [5, 5.41) is 3.09. The summed E-state index contributed by atoms with van der Waals surface area (Å²) < 4.78 is 0. The van der Waals surface area contributed by atoms with E-state index in [0.29, 0.717) is 6.54 Å². The highest BCUT2D eigenvalue weighted by Crippen LogP contribution is 2.32. The number of rotatable bonds is 7. The Morgan fingerprint density at radius 3 is 2.41 bits per heavy atom. The van der Waals surface area contributed by atoms with Gasteiger partial charge in [-0.05, 0) is 43.2 Å². The number of pyridine rings is 2. The van der Waals surface area contributed by atoms with Crippen molar-refractivity contribution >= 4 is 5.91 Å². The smallest absolute Gasteiger partial charge is 0.240 e. The first-order valence-corrected chi connectivity index (χ1v) is 10.1. The standard InChI is InChI=1S/C24H26N4O/c1-24(23(29)27-16-12-21-6-2-4-14-25-21)13-17-28(24)18-19-8-10-20(11-9-19)22-7-3-5-15-26-22/h2-11,14-15H,12-13,16-18H2,1H3,(H,27,29). The van der Waals surface area contributed by atoms with Gasteiger partial charge < -0.3 is 5.32 Å². The van der Waals surface area contributed by atoms with Gasteiger partial charge in [0.25, 0.3) is 0 Å². The van der Waals surface area contributed by atoms with Crippen molar-refractivity contribution in [2.75, 3.05) is 13.1 Å². The molecular formula is C24H26N4O. The molecule has 1 atom stereocenters. The van der Waals surface area contributed by atoms with Crippen LogP contribution in [0, 0.1) is 0 Å². The highest BCUT2D eigenvalue weighted by molar-refractivity contribution is 5.86. The lowest BCUT2D eigenvalue weighted by atomic mass is 9.85. The predicted molar refractivity (Wildman–Crippen MR) is 114 cm³/mol. The molecule has 1 aliphatic rings. The number of nitrogens with one attached hydrogen (secondary N) is 1. The minimum atomic E-state index is -0.441. The van der Waals surface area contributed by atoms with Crippen molar-refractivity contribution in [3.63, 3.8) is 0 Å². The van der Waals surface area contributed by atoms with Crippen LogP contribution in [-0.4, -0.2) is 39.4 Å². The van der Waals surface area contributed by atoms with Gasteiger partial charge in [0.15, 0.2) is 0 Å². The Balaban J connectivity index is 1.32. The maximum Gasteiger partial charge on any atom is 0.240 e. The Kier molecular flexibility index (Phi) is 5.67. The molecule has 29 heavy (non-hydrogen) atoms. The van der Waals surface area contributed by atoms with E-state index in [1.54, 1.807) is 12.4 Å². The summed E-state index contributed by atoms with van der Waals surface area (Å²) in [7, 11) is 0. The number of amides is 1. The Bertz CT molecular complexity index is 944. The first kappa shape index (κ1) is 19.3. The van der Waals surface area contributed by atoms with Crippen molar-refractivity contribution in [3.05, 3.63) is 84.3 Å². The lowest BCUT2D eigenvalue weighted by Crippen LogP contribution is -2.65. The third-order valence-electron chi connectivity index (χ3n) is 5.74. The van der Waals surface area contributed by atoms with Crippen molar-refractivity contribution < 1.29 is 4.79 Å². The minimum Gasteiger partial charge on any atom is -0.354 e. The lowest BCUT2D eigenvalue weighted by Gasteiger charge is -2.49. The van der Waals surface area contributed by atoms with Crippen molar-refractivity contribution in [1.29, 1.82) is 0 Å². The molecule has 148 valence electrons. The first-order chi connectivity index (χ1) is 14.1. The van der Waals surface area contributed by atoms with E-state index < -0.39 is 5.54 Å². The van der Waals surface area contributed by atoms with Gasteiger partial charge >= 0.3 is 0 Å². The molecule has 1 N–H and O–H groups in total. The summed E-state index contributed by atoms with van der Waals surface area (Å²) >= 11 is 0. The van der Waals surface area contributed by atoms with Gasteiger partial charge in [-0.15, -0.1) is 0 Å². The van der Waals surface area contributed by atoms with Gasteiger partial charge in [0.2, 0.25) is 5.91 Å². The molecule has 0 radical (unpaired) electrons. The SMILES string of the molecule is CC1(C(=O)NCCc2ccccn2)CCN1Cc1ccc(-c2ccccn2)cc1. The maximum absolute atomic E-state index is 12.8. The third-order valence-corrected chi connectivity index (χ3v) is 5.74. The maximum atomic E-state index is 12.8. The van der Waals surface area contributed by atoms with Gasteiger partial charge in [-0.3, -0.25) is 19.7 Å². The lowest BCUT2D eigenvalue weighted by molar-refractivity contribution is -0.141. The van der Waals surface area contributed by atoms with Gasteiger partial charge in [0.05, 0.1) is 11.2 Å². The summed E-state index contributed by atoms with van der Waals surface area (Å²) in [5.41, 5.74) is 3.84. The largest absolute Gasteiger partial charge is 0.354 e. The number of likely N-dealkylation sites (tertiary alicyclic amines) is 1. The van der Waals surface area contributed by atoms with E-state index in [4.69, 9.17) is 0 Å². The molecule has 1 fully saturated rings. The molecule has 5 nitrogen and oxygen atoms in total. The molecule has 3 aromatic rings. The highest BCUT2D eigenvalue weighted by Gasteiger charge is 2.46. The average Bonchev–Trinajstić information content (AvgIpc) is 2.78. The predicted octanol–water partition coefficient (Wildman–Crippen LogP) is 3.47. The molecule has 0 aliphatic carbocycles. The van der Waals surface area contributed by atoms with Crippen LogP contribution in [0.15, 0.2) is 73.1 Å². The zero-order valence-corrected chi connectivity index (χ0v) is 16.7. The van der Waals surface area contributed by atoms with Crippen LogP contribution < -0.4 is 5.32 Å². The number of hydrogen-bond donors (Lipinski definition) is 1. The molecule has 0 saturated carbocycles. The molecular weight excluding hydrogens is 360 g/mol. The second-order valence-corrected chi connectivity index (χ2v) is 7.68.